The molecule has 28 heavy (non-hydrogen) atoms. The Morgan fingerprint density at radius 3 is 2.61 bits per heavy atom. The van der Waals surface area contributed by atoms with Crippen LogP contribution in [0.4, 0.5) is 8.78 Å². The van der Waals surface area contributed by atoms with E-state index in [1.165, 1.54) is 22.8 Å². The molecule has 2 heterocycles. The number of pyridine rings is 1. The average Bonchev–Trinajstić information content (AvgIpc) is 3.13. The zero-order valence-corrected chi connectivity index (χ0v) is 14.8. The van der Waals surface area contributed by atoms with Gasteiger partial charge in [0.2, 0.25) is 0 Å². The van der Waals surface area contributed by atoms with Crippen LogP contribution >= 0.6 is 0 Å². The second-order valence-electron chi connectivity index (χ2n) is 5.96. The van der Waals surface area contributed by atoms with E-state index >= 15 is 0 Å². The van der Waals surface area contributed by atoms with Crippen LogP contribution in [0.25, 0.3) is 0 Å². The first kappa shape index (κ1) is 19.3. The van der Waals surface area contributed by atoms with Crippen LogP contribution in [-0.2, 0) is 13.0 Å². The molecule has 146 valence electrons. The number of carbonyl (C=O) groups is 1. The molecule has 0 fully saturated rings. The second kappa shape index (κ2) is 8.98. The molecular weight excluding hydrogens is 370 g/mol. The van der Waals surface area contributed by atoms with Gasteiger partial charge in [-0.1, -0.05) is 18.2 Å². The summed E-state index contributed by atoms with van der Waals surface area (Å²) in [7, 11) is 0. The van der Waals surface area contributed by atoms with Gasteiger partial charge in [0.1, 0.15) is 11.5 Å². The molecule has 0 aliphatic rings. The van der Waals surface area contributed by atoms with Crippen LogP contribution in [0.15, 0.2) is 70.0 Å². The topological polar surface area (TPSA) is 73.5 Å². The average molecular weight is 388 g/mol. The number of aromatic nitrogens is 1. The first-order chi connectivity index (χ1) is 13.5. The molecule has 0 aliphatic carbocycles. The Bertz CT molecular complexity index is 980. The number of benzene rings is 1. The molecule has 3 aromatic rings. The Kier molecular flexibility index (Phi) is 6.21. The predicted molar refractivity (Wildman–Crippen MR) is 97.6 cm³/mol. The predicted octanol–water partition coefficient (Wildman–Crippen LogP) is 3.06. The van der Waals surface area contributed by atoms with E-state index in [4.69, 9.17) is 4.42 Å². The third-order valence-corrected chi connectivity index (χ3v) is 3.96. The van der Waals surface area contributed by atoms with Crippen LogP contribution < -0.4 is 15.6 Å². The number of hydrogen-bond acceptors (Lipinski definition) is 4. The summed E-state index contributed by atoms with van der Waals surface area (Å²) in [6, 6.07) is 14.3. The largest absolute Gasteiger partial charge is 0.454 e. The monoisotopic (exact) mass is 388 g/mol. The lowest BCUT2D eigenvalue weighted by Crippen LogP contribution is -2.25. The number of hydrogen-bond donors (Lipinski definition) is 1. The van der Waals surface area contributed by atoms with Gasteiger partial charge in [0.25, 0.3) is 11.5 Å². The fourth-order valence-electron chi connectivity index (χ4n) is 2.59. The molecule has 1 amide bonds. The first-order valence-electron chi connectivity index (χ1n) is 8.57. The van der Waals surface area contributed by atoms with Crippen LogP contribution in [0.5, 0.6) is 5.75 Å². The summed E-state index contributed by atoms with van der Waals surface area (Å²) in [6.07, 6.45) is 2.16. The Morgan fingerprint density at radius 2 is 1.89 bits per heavy atom. The van der Waals surface area contributed by atoms with E-state index in [1.807, 2.05) is 0 Å². The lowest BCUT2D eigenvalue weighted by molar-refractivity contribution is -0.0498. The van der Waals surface area contributed by atoms with Crippen molar-refractivity contribution in [1.82, 2.24) is 9.88 Å². The lowest BCUT2D eigenvalue weighted by atomic mass is 10.1. The highest BCUT2D eigenvalue weighted by Crippen LogP contribution is 2.15. The van der Waals surface area contributed by atoms with E-state index in [1.54, 1.807) is 42.6 Å². The summed E-state index contributed by atoms with van der Waals surface area (Å²) in [6.45, 7) is -2.27. The molecule has 0 saturated heterocycles. The van der Waals surface area contributed by atoms with Crippen LogP contribution in [0, 0.1) is 0 Å². The molecule has 2 aromatic heterocycles. The summed E-state index contributed by atoms with van der Waals surface area (Å²) < 4.78 is 35.5. The van der Waals surface area contributed by atoms with Crippen molar-refractivity contribution in [3.8, 4) is 5.75 Å². The van der Waals surface area contributed by atoms with Gasteiger partial charge >= 0.3 is 6.61 Å². The summed E-state index contributed by atoms with van der Waals surface area (Å²) in [4.78, 5) is 23.9. The van der Waals surface area contributed by atoms with Crippen LogP contribution in [0.2, 0.25) is 0 Å². The summed E-state index contributed by atoms with van der Waals surface area (Å²) in [5.74, 6) is 0.362. The van der Waals surface area contributed by atoms with Gasteiger partial charge in [-0.05, 0) is 42.3 Å². The number of alkyl halides is 2. The molecule has 0 unspecified atom stereocenters. The Morgan fingerprint density at radius 1 is 1.11 bits per heavy atom. The fraction of sp³-hybridized carbons (Fsp3) is 0.200. The van der Waals surface area contributed by atoms with E-state index in [-0.39, 0.29) is 29.5 Å². The van der Waals surface area contributed by atoms with Crippen molar-refractivity contribution in [3.63, 3.8) is 0 Å². The quantitative estimate of drug-likeness (QED) is 0.644. The summed E-state index contributed by atoms with van der Waals surface area (Å²) in [5, 5.41) is 2.73. The number of nitrogens with one attached hydrogen (secondary N) is 1. The third-order valence-electron chi connectivity index (χ3n) is 3.96. The number of rotatable bonds is 8. The van der Waals surface area contributed by atoms with Gasteiger partial charge in [0, 0.05) is 18.8 Å². The highest BCUT2D eigenvalue weighted by molar-refractivity contribution is 5.91. The smallest absolute Gasteiger partial charge is 0.387 e. The van der Waals surface area contributed by atoms with Gasteiger partial charge in [-0.2, -0.15) is 8.78 Å². The van der Waals surface area contributed by atoms with Crippen LogP contribution in [-0.4, -0.2) is 23.6 Å². The molecule has 0 radical (unpaired) electrons. The molecule has 6 nitrogen and oxygen atoms in total. The number of carbonyl (C=O) groups excluding carboxylic acids is 1. The van der Waals surface area contributed by atoms with Gasteiger partial charge < -0.3 is 19.0 Å². The highest BCUT2D eigenvalue weighted by Gasteiger charge is 2.11. The fourth-order valence-corrected chi connectivity index (χ4v) is 2.59. The van der Waals surface area contributed by atoms with Gasteiger partial charge in [0.15, 0.2) is 5.76 Å². The summed E-state index contributed by atoms with van der Waals surface area (Å²) >= 11 is 0. The van der Waals surface area contributed by atoms with Gasteiger partial charge in [-0.25, -0.2) is 0 Å². The van der Waals surface area contributed by atoms with Gasteiger partial charge in [-0.3, -0.25) is 9.59 Å². The normalized spacial score (nSPS) is 10.8. The minimum absolute atomic E-state index is 0.0865. The molecule has 3 rings (SSSR count). The number of ether oxygens (including phenoxy) is 1. The number of furan rings is 1. The van der Waals surface area contributed by atoms with Crippen molar-refractivity contribution in [1.29, 1.82) is 0 Å². The van der Waals surface area contributed by atoms with Crippen molar-refractivity contribution < 1.29 is 22.7 Å². The molecule has 0 atom stereocenters. The Balaban J connectivity index is 1.49. The van der Waals surface area contributed by atoms with E-state index in [0.717, 1.165) is 5.56 Å². The van der Waals surface area contributed by atoms with Crippen molar-refractivity contribution in [2.24, 2.45) is 0 Å². The van der Waals surface area contributed by atoms with Gasteiger partial charge in [-0.15, -0.1) is 0 Å². The molecule has 1 N–H and O–H groups in total. The maximum absolute atomic E-state index is 12.2. The van der Waals surface area contributed by atoms with Crippen molar-refractivity contribution in [2.45, 2.75) is 19.6 Å². The molecule has 0 spiro atoms. The molecular formula is C20H18F2N2O4. The minimum atomic E-state index is -2.86. The van der Waals surface area contributed by atoms with E-state index in [9.17, 15) is 18.4 Å². The van der Waals surface area contributed by atoms with Crippen molar-refractivity contribution in [2.75, 3.05) is 6.54 Å². The van der Waals surface area contributed by atoms with E-state index < -0.39 is 6.61 Å². The molecule has 8 heteroatoms. The zero-order valence-electron chi connectivity index (χ0n) is 14.8. The van der Waals surface area contributed by atoms with Crippen molar-refractivity contribution >= 4 is 5.91 Å². The molecule has 0 bridgehead atoms. The highest BCUT2D eigenvalue weighted by atomic mass is 19.3. The second-order valence-corrected chi connectivity index (χ2v) is 5.96. The van der Waals surface area contributed by atoms with Crippen LogP contribution in [0.1, 0.15) is 21.9 Å². The Labute approximate surface area is 159 Å². The molecule has 0 aliphatic heterocycles. The van der Waals surface area contributed by atoms with E-state index in [2.05, 4.69) is 10.1 Å². The van der Waals surface area contributed by atoms with Gasteiger partial charge in [0.05, 0.1) is 6.54 Å². The van der Waals surface area contributed by atoms with E-state index in [0.29, 0.717) is 18.7 Å². The maximum atomic E-state index is 12.2. The molecule has 1 aromatic carbocycles. The zero-order chi connectivity index (χ0) is 19.9. The minimum Gasteiger partial charge on any atom is -0.454 e. The summed E-state index contributed by atoms with van der Waals surface area (Å²) in [5.41, 5.74) is 0.709. The lowest BCUT2D eigenvalue weighted by Gasteiger charge is -2.06. The Hall–Kier alpha value is -3.42. The molecule has 0 saturated carbocycles. The number of halogens is 2. The SMILES string of the molecule is O=C(NCCc1ccc(OC(F)F)cc1)c1ccc(Cn2ccccc2=O)o1. The maximum Gasteiger partial charge on any atom is 0.387 e. The first-order valence-corrected chi connectivity index (χ1v) is 8.57. The number of nitrogens with zero attached hydrogens (tertiary/aromatic N) is 1. The van der Waals surface area contributed by atoms with Crippen LogP contribution in [0.3, 0.4) is 0 Å². The number of amides is 1. The van der Waals surface area contributed by atoms with Crippen molar-refractivity contribution in [3.05, 3.63) is 88.2 Å². The third kappa shape index (κ3) is 5.29. The standard InChI is InChI=1S/C20H18F2N2O4/c21-20(22)28-15-6-4-14(5-7-15)10-11-23-19(26)17-9-8-16(27-17)13-24-12-2-1-3-18(24)25/h1-9,12,20H,10-11,13H2,(H,23,26).